The van der Waals surface area contributed by atoms with Crippen molar-refractivity contribution in [2.24, 2.45) is 5.41 Å². The molecular formula is C15H24O. The van der Waals surface area contributed by atoms with E-state index in [0.29, 0.717) is 5.78 Å². The first-order valence-corrected chi connectivity index (χ1v) is 6.26. The van der Waals surface area contributed by atoms with Crippen LogP contribution in [0.4, 0.5) is 0 Å². The Kier molecular flexibility index (Phi) is 4.52. The first kappa shape index (κ1) is 13.2. The summed E-state index contributed by atoms with van der Waals surface area (Å²) in [7, 11) is 0. The molecule has 1 nitrogen and oxygen atoms in total. The van der Waals surface area contributed by atoms with Gasteiger partial charge in [-0.1, -0.05) is 30.2 Å². The van der Waals surface area contributed by atoms with Crippen molar-refractivity contribution in [1.82, 2.24) is 0 Å². The maximum atomic E-state index is 11.5. The van der Waals surface area contributed by atoms with Gasteiger partial charge in [0.25, 0.3) is 0 Å². The molecule has 16 heavy (non-hydrogen) atoms. The summed E-state index contributed by atoms with van der Waals surface area (Å²) in [4.78, 5) is 11.5. The van der Waals surface area contributed by atoms with Gasteiger partial charge in [0.2, 0.25) is 0 Å². The molecule has 0 aromatic carbocycles. The molecule has 0 saturated carbocycles. The van der Waals surface area contributed by atoms with E-state index >= 15 is 0 Å². The standard InChI is InChI=1S/C15H24O/c1-12(2)6-5-7-14-8-10-15(4,11-9-14)13(3)16/h6,8H,5,7,9-11H2,1-4H3. The molecule has 1 atom stereocenters. The van der Waals surface area contributed by atoms with Crippen LogP contribution in [0.15, 0.2) is 23.3 Å². The van der Waals surface area contributed by atoms with Crippen LogP contribution >= 0.6 is 0 Å². The third-order valence-electron chi connectivity index (χ3n) is 3.71. The van der Waals surface area contributed by atoms with Crippen molar-refractivity contribution in [3.05, 3.63) is 23.3 Å². The van der Waals surface area contributed by atoms with Crippen LogP contribution in [0.5, 0.6) is 0 Å². The third-order valence-corrected chi connectivity index (χ3v) is 3.71. The van der Waals surface area contributed by atoms with E-state index < -0.39 is 0 Å². The molecule has 0 saturated heterocycles. The minimum Gasteiger partial charge on any atom is -0.299 e. The van der Waals surface area contributed by atoms with Gasteiger partial charge in [0, 0.05) is 5.41 Å². The van der Waals surface area contributed by atoms with Crippen LogP contribution in [0.1, 0.15) is 59.8 Å². The molecule has 0 aliphatic heterocycles. The number of ketones is 1. The molecule has 1 aliphatic rings. The van der Waals surface area contributed by atoms with Gasteiger partial charge in [-0.15, -0.1) is 0 Å². The van der Waals surface area contributed by atoms with Gasteiger partial charge in [0.05, 0.1) is 0 Å². The van der Waals surface area contributed by atoms with Crippen molar-refractivity contribution in [3.63, 3.8) is 0 Å². The van der Waals surface area contributed by atoms with E-state index in [2.05, 4.69) is 32.9 Å². The zero-order valence-corrected chi connectivity index (χ0v) is 11.1. The van der Waals surface area contributed by atoms with Gasteiger partial charge in [-0.3, -0.25) is 4.79 Å². The maximum Gasteiger partial charge on any atom is 0.136 e. The van der Waals surface area contributed by atoms with Gasteiger partial charge in [-0.05, 0) is 52.9 Å². The van der Waals surface area contributed by atoms with Gasteiger partial charge >= 0.3 is 0 Å². The lowest BCUT2D eigenvalue weighted by molar-refractivity contribution is -0.126. The van der Waals surface area contributed by atoms with Crippen LogP contribution in [0.25, 0.3) is 0 Å². The number of carbonyl (C=O) groups excluding carboxylic acids is 1. The van der Waals surface area contributed by atoms with Gasteiger partial charge in [-0.2, -0.15) is 0 Å². The maximum absolute atomic E-state index is 11.5. The highest BCUT2D eigenvalue weighted by atomic mass is 16.1. The second kappa shape index (κ2) is 5.47. The number of carbonyl (C=O) groups is 1. The number of allylic oxidation sites excluding steroid dienone is 4. The summed E-state index contributed by atoms with van der Waals surface area (Å²) < 4.78 is 0. The second-order valence-corrected chi connectivity index (χ2v) is 5.50. The molecule has 1 heteroatoms. The van der Waals surface area contributed by atoms with E-state index in [1.165, 1.54) is 17.6 Å². The van der Waals surface area contributed by atoms with Crippen molar-refractivity contribution in [2.45, 2.75) is 59.8 Å². The smallest absolute Gasteiger partial charge is 0.136 e. The average molecular weight is 220 g/mol. The summed E-state index contributed by atoms with van der Waals surface area (Å²) >= 11 is 0. The Morgan fingerprint density at radius 3 is 2.56 bits per heavy atom. The Bertz CT molecular complexity index is 318. The summed E-state index contributed by atoms with van der Waals surface area (Å²) in [5, 5.41) is 0. The van der Waals surface area contributed by atoms with Crippen molar-refractivity contribution in [1.29, 1.82) is 0 Å². The Labute approximate surface area is 99.6 Å². The molecule has 0 aromatic heterocycles. The van der Waals surface area contributed by atoms with Crippen LogP contribution in [0.2, 0.25) is 0 Å². The van der Waals surface area contributed by atoms with Gasteiger partial charge in [-0.25, -0.2) is 0 Å². The van der Waals surface area contributed by atoms with Crippen LogP contribution in [0, 0.1) is 5.41 Å². The summed E-state index contributed by atoms with van der Waals surface area (Å²) in [6.45, 7) is 8.10. The minimum atomic E-state index is -0.0833. The Morgan fingerprint density at radius 1 is 1.44 bits per heavy atom. The summed E-state index contributed by atoms with van der Waals surface area (Å²) in [6, 6.07) is 0. The zero-order valence-electron chi connectivity index (χ0n) is 11.1. The molecule has 0 radical (unpaired) electrons. The highest BCUT2D eigenvalue weighted by molar-refractivity contribution is 5.82. The summed E-state index contributed by atoms with van der Waals surface area (Å²) in [5.74, 6) is 0.340. The first-order chi connectivity index (χ1) is 7.44. The largest absolute Gasteiger partial charge is 0.299 e. The quantitative estimate of drug-likeness (QED) is 0.640. The lowest BCUT2D eigenvalue weighted by atomic mass is 9.73. The van der Waals surface area contributed by atoms with E-state index in [1.807, 2.05) is 0 Å². The van der Waals surface area contributed by atoms with Crippen molar-refractivity contribution >= 4 is 5.78 Å². The number of rotatable bonds is 4. The average Bonchev–Trinajstić information content (AvgIpc) is 2.20. The predicted molar refractivity (Wildman–Crippen MR) is 69.4 cm³/mol. The highest BCUT2D eigenvalue weighted by Crippen LogP contribution is 2.36. The molecule has 0 heterocycles. The highest BCUT2D eigenvalue weighted by Gasteiger charge is 2.30. The minimum absolute atomic E-state index is 0.0833. The van der Waals surface area contributed by atoms with Gasteiger partial charge < -0.3 is 0 Å². The number of hydrogen-bond acceptors (Lipinski definition) is 1. The van der Waals surface area contributed by atoms with E-state index in [-0.39, 0.29) is 5.41 Å². The zero-order chi connectivity index (χ0) is 12.2. The molecule has 0 aromatic rings. The molecule has 1 unspecified atom stereocenters. The van der Waals surface area contributed by atoms with Crippen molar-refractivity contribution < 1.29 is 4.79 Å². The van der Waals surface area contributed by atoms with Crippen LogP contribution in [0.3, 0.4) is 0 Å². The molecule has 90 valence electrons. The molecule has 1 aliphatic carbocycles. The SMILES string of the molecule is CC(=O)C1(C)CC=C(CCC=C(C)C)CC1. The van der Waals surface area contributed by atoms with Crippen LogP contribution in [-0.2, 0) is 4.79 Å². The fourth-order valence-corrected chi connectivity index (χ4v) is 2.10. The van der Waals surface area contributed by atoms with E-state index in [4.69, 9.17) is 0 Å². The summed E-state index contributed by atoms with van der Waals surface area (Å²) in [5.41, 5.74) is 2.85. The number of hydrogen-bond donors (Lipinski definition) is 0. The van der Waals surface area contributed by atoms with E-state index in [0.717, 1.165) is 25.7 Å². The molecule has 0 amide bonds. The number of Topliss-reactive ketones (excluding diaryl/α,β-unsaturated/α-hetero) is 1. The summed E-state index contributed by atoms with van der Waals surface area (Å²) in [6.07, 6.45) is 9.97. The van der Waals surface area contributed by atoms with Gasteiger partial charge in [0.1, 0.15) is 5.78 Å². The third kappa shape index (κ3) is 3.62. The van der Waals surface area contributed by atoms with Crippen LogP contribution in [-0.4, -0.2) is 5.78 Å². The fraction of sp³-hybridized carbons (Fsp3) is 0.667. The molecule has 0 spiro atoms. The van der Waals surface area contributed by atoms with E-state index in [9.17, 15) is 4.79 Å². The Hall–Kier alpha value is -0.850. The van der Waals surface area contributed by atoms with Crippen molar-refractivity contribution in [2.75, 3.05) is 0 Å². The van der Waals surface area contributed by atoms with E-state index in [1.54, 1.807) is 6.92 Å². The monoisotopic (exact) mass is 220 g/mol. The lowest BCUT2D eigenvalue weighted by Crippen LogP contribution is -2.27. The van der Waals surface area contributed by atoms with Crippen molar-refractivity contribution in [3.8, 4) is 0 Å². The molecule has 0 bridgehead atoms. The molecule has 0 fully saturated rings. The molecule has 1 rings (SSSR count). The lowest BCUT2D eigenvalue weighted by Gasteiger charge is -2.30. The Balaban J connectivity index is 2.47. The predicted octanol–water partition coefficient (Wildman–Crippen LogP) is 4.44. The second-order valence-electron chi connectivity index (χ2n) is 5.50. The fourth-order valence-electron chi connectivity index (χ4n) is 2.10. The normalized spacial score (nSPS) is 24.9. The molecular weight excluding hydrogens is 196 g/mol. The van der Waals surface area contributed by atoms with Gasteiger partial charge in [0.15, 0.2) is 0 Å². The molecule has 0 N–H and O–H groups in total. The Morgan fingerprint density at radius 2 is 2.12 bits per heavy atom. The first-order valence-electron chi connectivity index (χ1n) is 6.26. The van der Waals surface area contributed by atoms with Crippen LogP contribution < -0.4 is 0 Å². The topological polar surface area (TPSA) is 17.1 Å².